The molecular weight excluding hydrogens is 294 g/mol. The van der Waals surface area contributed by atoms with E-state index < -0.39 is 10.0 Å². The van der Waals surface area contributed by atoms with Gasteiger partial charge in [-0.25, -0.2) is 13.1 Å². The molecule has 21 heavy (non-hydrogen) atoms. The SMILES string of the molecule is COc1cc(C)c(S(=O)(=O)NCCCCCO)cc1OC. The summed E-state index contributed by atoms with van der Waals surface area (Å²) in [6.07, 6.45) is 2.15. The van der Waals surface area contributed by atoms with Crippen LogP contribution < -0.4 is 14.2 Å². The highest BCUT2D eigenvalue weighted by molar-refractivity contribution is 7.89. The van der Waals surface area contributed by atoms with Gasteiger partial charge < -0.3 is 14.6 Å². The Bertz CT molecular complexity index is 557. The van der Waals surface area contributed by atoms with Gasteiger partial charge in [0, 0.05) is 19.2 Å². The van der Waals surface area contributed by atoms with Crippen molar-refractivity contribution in [2.45, 2.75) is 31.1 Å². The average Bonchev–Trinajstić information content (AvgIpc) is 2.46. The quantitative estimate of drug-likeness (QED) is 0.674. The molecule has 0 spiro atoms. The first kappa shape index (κ1) is 17.7. The second-order valence-electron chi connectivity index (χ2n) is 4.65. The summed E-state index contributed by atoms with van der Waals surface area (Å²) in [5, 5.41) is 8.68. The smallest absolute Gasteiger partial charge is 0.240 e. The van der Waals surface area contributed by atoms with Crippen LogP contribution in [0.5, 0.6) is 11.5 Å². The lowest BCUT2D eigenvalue weighted by molar-refractivity contribution is 0.283. The molecule has 0 saturated heterocycles. The molecule has 0 aromatic heterocycles. The zero-order chi connectivity index (χ0) is 15.9. The molecule has 7 heteroatoms. The summed E-state index contributed by atoms with van der Waals surface area (Å²) < 4.78 is 37.4. The van der Waals surface area contributed by atoms with Crippen molar-refractivity contribution in [1.29, 1.82) is 0 Å². The lowest BCUT2D eigenvalue weighted by atomic mass is 10.2. The van der Waals surface area contributed by atoms with Crippen LogP contribution in [0.4, 0.5) is 0 Å². The Balaban J connectivity index is 2.87. The maximum absolute atomic E-state index is 12.3. The molecule has 2 N–H and O–H groups in total. The second-order valence-corrected chi connectivity index (χ2v) is 6.39. The Morgan fingerprint density at radius 3 is 2.29 bits per heavy atom. The van der Waals surface area contributed by atoms with E-state index in [0.717, 1.165) is 6.42 Å². The molecule has 0 saturated carbocycles. The molecule has 1 aromatic carbocycles. The van der Waals surface area contributed by atoms with Gasteiger partial charge in [0.05, 0.1) is 19.1 Å². The minimum atomic E-state index is -3.58. The molecule has 1 aromatic rings. The molecular formula is C14H23NO5S. The van der Waals surface area contributed by atoms with Crippen LogP contribution in [0.3, 0.4) is 0 Å². The molecule has 0 aliphatic rings. The Hall–Kier alpha value is -1.31. The van der Waals surface area contributed by atoms with E-state index in [4.69, 9.17) is 14.6 Å². The standard InChI is InChI=1S/C14H23NO5S/c1-11-9-12(19-2)13(20-3)10-14(11)21(17,18)15-7-5-4-6-8-16/h9-10,15-16H,4-8H2,1-3H3. The number of aliphatic hydroxyl groups is 1. The number of unbranched alkanes of at least 4 members (excludes halogenated alkanes) is 2. The third-order valence-corrected chi connectivity index (χ3v) is 4.70. The second kappa shape index (κ2) is 8.21. The summed E-state index contributed by atoms with van der Waals surface area (Å²) in [6, 6.07) is 3.10. The minimum Gasteiger partial charge on any atom is -0.493 e. The lowest BCUT2D eigenvalue weighted by Crippen LogP contribution is -2.25. The molecule has 0 bridgehead atoms. The van der Waals surface area contributed by atoms with E-state index in [0.29, 0.717) is 36.4 Å². The third kappa shape index (κ3) is 4.87. The third-order valence-electron chi connectivity index (χ3n) is 3.10. The maximum atomic E-state index is 12.3. The van der Waals surface area contributed by atoms with Gasteiger partial charge in [0.2, 0.25) is 10.0 Å². The van der Waals surface area contributed by atoms with Crippen molar-refractivity contribution in [3.05, 3.63) is 17.7 Å². The lowest BCUT2D eigenvalue weighted by Gasteiger charge is -2.13. The van der Waals surface area contributed by atoms with Crippen molar-refractivity contribution in [3.63, 3.8) is 0 Å². The predicted molar refractivity (Wildman–Crippen MR) is 80.4 cm³/mol. The fourth-order valence-corrected chi connectivity index (χ4v) is 3.26. The van der Waals surface area contributed by atoms with E-state index in [-0.39, 0.29) is 11.5 Å². The summed E-state index contributed by atoms with van der Waals surface area (Å²) >= 11 is 0. The van der Waals surface area contributed by atoms with Crippen molar-refractivity contribution in [2.75, 3.05) is 27.4 Å². The summed E-state index contributed by atoms with van der Waals surface area (Å²) in [4.78, 5) is 0.183. The molecule has 0 aliphatic heterocycles. The highest BCUT2D eigenvalue weighted by Gasteiger charge is 2.19. The van der Waals surface area contributed by atoms with Crippen molar-refractivity contribution in [2.24, 2.45) is 0 Å². The van der Waals surface area contributed by atoms with Gasteiger partial charge in [-0.15, -0.1) is 0 Å². The van der Waals surface area contributed by atoms with Crippen LogP contribution in [-0.2, 0) is 10.0 Å². The summed E-state index contributed by atoms with van der Waals surface area (Å²) in [5.74, 6) is 0.876. The highest BCUT2D eigenvalue weighted by atomic mass is 32.2. The van der Waals surface area contributed by atoms with E-state index in [2.05, 4.69) is 4.72 Å². The number of rotatable bonds is 9. The fraction of sp³-hybridized carbons (Fsp3) is 0.571. The molecule has 0 amide bonds. The number of aryl methyl sites for hydroxylation is 1. The Morgan fingerprint density at radius 1 is 1.10 bits per heavy atom. The number of nitrogens with one attached hydrogen (secondary N) is 1. The molecule has 1 rings (SSSR count). The average molecular weight is 317 g/mol. The van der Waals surface area contributed by atoms with Crippen LogP contribution in [0.1, 0.15) is 24.8 Å². The van der Waals surface area contributed by atoms with Gasteiger partial charge in [-0.3, -0.25) is 0 Å². The van der Waals surface area contributed by atoms with Gasteiger partial charge in [-0.1, -0.05) is 0 Å². The predicted octanol–water partition coefficient (Wildman–Crippen LogP) is 1.45. The van der Waals surface area contributed by atoms with Crippen LogP contribution >= 0.6 is 0 Å². The van der Waals surface area contributed by atoms with Gasteiger partial charge in [0.25, 0.3) is 0 Å². The van der Waals surface area contributed by atoms with Gasteiger partial charge in [0.15, 0.2) is 11.5 Å². The summed E-state index contributed by atoms with van der Waals surface area (Å²) in [6.45, 7) is 2.18. The molecule has 6 nitrogen and oxygen atoms in total. The number of hydrogen-bond acceptors (Lipinski definition) is 5. The van der Waals surface area contributed by atoms with Gasteiger partial charge in [-0.2, -0.15) is 0 Å². The zero-order valence-electron chi connectivity index (χ0n) is 12.7. The van der Waals surface area contributed by atoms with Crippen LogP contribution in [-0.4, -0.2) is 40.9 Å². The van der Waals surface area contributed by atoms with Crippen LogP contribution in [0.25, 0.3) is 0 Å². The molecule has 0 radical (unpaired) electrons. The summed E-state index contributed by atoms with van der Waals surface area (Å²) in [7, 11) is -0.615. The topological polar surface area (TPSA) is 84.9 Å². The number of hydrogen-bond donors (Lipinski definition) is 2. The van der Waals surface area contributed by atoms with Crippen molar-refractivity contribution >= 4 is 10.0 Å². The van der Waals surface area contributed by atoms with Crippen molar-refractivity contribution < 1.29 is 23.0 Å². The number of ether oxygens (including phenoxy) is 2. The summed E-state index contributed by atoms with van der Waals surface area (Å²) in [5.41, 5.74) is 0.593. The fourth-order valence-electron chi connectivity index (χ4n) is 1.95. The molecule has 0 aliphatic carbocycles. The van der Waals surface area contributed by atoms with E-state index in [1.165, 1.54) is 20.3 Å². The highest BCUT2D eigenvalue weighted by Crippen LogP contribution is 2.32. The van der Waals surface area contributed by atoms with Gasteiger partial charge in [-0.05, 0) is 37.8 Å². The largest absolute Gasteiger partial charge is 0.493 e. The molecule has 120 valence electrons. The van der Waals surface area contributed by atoms with Gasteiger partial charge >= 0.3 is 0 Å². The first-order valence-electron chi connectivity index (χ1n) is 6.79. The minimum absolute atomic E-state index is 0.127. The van der Waals surface area contributed by atoms with Crippen LogP contribution in [0.15, 0.2) is 17.0 Å². The van der Waals surface area contributed by atoms with E-state index in [1.54, 1.807) is 13.0 Å². The Kier molecular flexibility index (Phi) is 6.94. The van der Waals surface area contributed by atoms with E-state index in [1.807, 2.05) is 0 Å². The van der Waals surface area contributed by atoms with Crippen LogP contribution in [0.2, 0.25) is 0 Å². The normalized spacial score (nSPS) is 11.4. The molecule has 0 heterocycles. The zero-order valence-corrected chi connectivity index (χ0v) is 13.5. The number of aliphatic hydroxyl groups excluding tert-OH is 1. The number of methoxy groups -OCH3 is 2. The van der Waals surface area contributed by atoms with Crippen LogP contribution in [0, 0.1) is 6.92 Å². The first-order valence-corrected chi connectivity index (χ1v) is 8.27. The number of sulfonamides is 1. The molecule has 0 unspecified atom stereocenters. The Morgan fingerprint density at radius 2 is 1.71 bits per heavy atom. The molecule has 0 fully saturated rings. The van der Waals surface area contributed by atoms with E-state index in [9.17, 15) is 8.42 Å². The van der Waals surface area contributed by atoms with Crippen molar-refractivity contribution in [3.8, 4) is 11.5 Å². The number of benzene rings is 1. The monoisotopic (exact) mass is 317 g/mol. The first-order chi connectivity index (χ1) is 9.96. The Labute approximate surface area is 126 Å². The van der Waals surface area contributed by atoms with E-state index >= 15 is 0 Å². The molecule has 0 atom stereocenters. The van der Waals surface area contributed by atoms with Crippen molar-refractivity contribution in [1.82, 2.24) is 4.72 Å². The van der Waals surface area contributed by atoms with Gasteiger partial charge in [0.1, 0.15) is 0 Å². The maximum Gasteiger partial charge on any atom is 0.240 e.